The first-order valence-electron chi connectivity index (χ1n) is 11.8. The average molecular weight is 561 g/mol. The molecule has 188 valence electrons. The third-order valence-electron chi connectivity index (χ3n) is 6.29. The van der Waals surface area contributed by atoms with E-state index in [1.165, 1.54) is 4.90 Å². The molecule has 8 heteroatoms. The van der Waals surface area contributed by atoms with Crippen molar-refractivity contribution in [3.63, 3.8) is 0 Å². The van der Waals surface area contributed by atoms with Crippen molar-refractivity contribution in [3.8, 4) is 5.75 Å². The minimum Gasteiger partial charge on any atom is -0.503 e. The molecule has 1 N–H and O–H groups in total. The summed E-state index contributed by atoms with van der Waals surface area (Å²) < 4.78 is 12.3. The van der Waals surface area contributed by atoms with Crippen LogP contribution in [-0.4, -0.2) is 37.5 Å². The molecule has 1 aliphatic heterocycles. The summed E-state index contributed by atoms with van der Waals surface area (Å²) in [5, 5.41) is 11.8. The first kappa shape index (κ1) is 24.6. The van der Waals surface area contributed by atoms with Gasteiger partial charge in [-0.2, -0.15) is 0 Å². The molecule has 1 atom stereocenters. The van der Waals surface area contributed by atoms with E-state index in [9.17, 15) is 14.7 Å². The molecule has 0 radical (unpaired) electrons. The summed E-state index contributed by atoms with van der Waals surface area (Å²) in [4.78, 5) is 30.7. The highest BCUT2D eigenvalue weighted by Crippen LogP contribution is 2.43. The van der Waals surface area contributed by atoms with Crippen molar-refractivity contribution in [2.45, 2.75) is 13.0 Å². The first-order chi connectivity index (χ1) is 17.8. The zero-order valence-corrected chi connectivity index (χ0v) is 22.2. The monoisotopic (exact) mass is 560 g/mol. The number of ketones is 1. The van der Waals surface area contributed by atoms with Gasteiger partial charge in [0.2, 0.25) is 5.78 Å². The van der Waals surface area contributed by atoms with Gasteiger partial charge in [-0.05, 0) is 61.0 Å². The van der Waals surface area contributed by atoms with Gasteiger partial charge < -0.3 is 19.2 Å². The number of ether oxygens (including phenoxy) is 1. The van der Waals surface area contributed by atoms with Gasteiger partial charge in [0.25, 0.3) is 5.91 Å². The largest absolute Gasteiger partial charge is 0.503 e. The Bertz CT molecular complexity index is 1540. The second-order valence-corrected chi connectivity index (χ2v) is 9.79. The summed E-state index contributed by atoms with van der Waals surface area (Å²) in [6.45, 7) is 2.33. The number of rotatable bonds is 7. The number of Topliss-reactive ketones (excluding diaryl/α,β-unsaturated/α-hetero) is 1. The molecule has 1 unspecified atom stereocenters. The van der Waals surface area contributed by atoms with Gasteiger partial charge in [0.05, 0.1) is 18.2 Å². The zero-order valence-electron chi connectivity index (χ0n) is 20.6. The van der Waals surface area contributed by atoms with Crippen LogP contribution in [0.15, 0.2) is 93.0 Å². The van der Waals surface area contributed by atoms with E-state index in [1.54, 1.807) is 36.4 Å². The molecule has 1 aliphatic rings. The van der Waals surface area contributed by atoms with E-state index in [4.69, 9.17) is 9.15 Å². The Morgan fingerprint density at radius 2 is 1.84 bits per heavy atom. The summed E-state index contributed by atoms with van der Waals surface area (Å²) in [6.07, 6.45) is 0. The SMILES string of the molecule is CCOc1cccc(N2C(=O)C(O)=C(C(=O)c3cc4cc(Br)ccc4o3)C2c2ccc(N(C)C)cc2)c1. The lowest BCUT2D eigenvalue weighted by Crippen LogP contribution is -2.31. The van der Waals surface area contributed by atoms with Gasteiger partial charge in [-0.3, -0.25) is 14.5 Å². The standard InChI is InChI=1S/C29H25BrN2O5/c1-4-36-22-7-5-6-21(16-22)32-26(17-8-11-20(12-9-17)31(2)3)25(28(34)29(32)35)27(33)24-15-18-14-19(30)10-13-23(18)37-24/h5-16,26,34H,4H2,1-3H3. The average Bonchev–Trinajstić information content (AvgIpc) is 3.42. The molecule has 0 saturated carbocycles. The number of amides is 1. The van der Waals surface area contributed by atoms with Gasteiger partial charge in [0, 0.05) is 41.4 Å². The second kappa shape index (κ2) is 9.78. The normalized spacial score (nSPS) is 15.5. The predicted molar refractivity (Wildman–Crippen MR) is 147 cm³/mol. The van der Waals surface area contributed by atoms with Crippen molar-refractivity contribution in [2.24, 2.45) is 0 Å². The number of benzene rings is 3. The van der Waals surface area contributed by atoms with Crippen molar-refractivity contribution in [3.05, 3.63) is 99.9 Å². The molecule has 37 heavy (non-hydrogen) atoms. The van der Waals surface area contributed by atoms with Crippen LogP contribution in [-0.2, 0) is 4.79 Å². The minimum atomic E-state index is -0.868. The van der Waals surface area contributed by atoms with Crippen molar-refractivity contribution in [2.75, 3.05) is 30.5 Å². The molecule has 1 amide bonds. The lowest BCUT2D eigenvalue weighted by Gasteiger charge is -2.27. The van der Waals surface area contributed by atoms with Crippen LogP contribution in [0.5, 0.6) is 5.75 Å². The number of aliphatic hydroxyl groups is 1. The number of aliphatic hydroxyl groups excluding tert-OH is 1. The van der Waals surface area contributed by atoms with Crippen LogP contribution < -0.4 is 14.5 Å². The molecule has 7 nitrogen and oxygen atoms in total. The van der Waals surface area contributed by atoms with E-state index in [-0.39, 0.29) is 11.3 Å². The maximum Gasteiger partial charge on any atom is 0.294 e. The molecule has 4 aromatic rings. The molecule has 0 fully saturated rings. The Balaban J connectivity index is 1.64. The maximum atomic E-state index is 13.8. The molecule has 0 aliphatic carbocycles. The molecule has 1 aromatic heterocycles. The van der Waals surface area contributed by atoms with Gasteiger partial charge in [0.1, 0.15) is 11.3 Å². The highest BCUT2D eigenvalue weighted by atomic mass is 79.9. The molecule has 0 spiro atoms. The third-order valence-corrected chi connectivity index (χ3v) is 6.78. The predicted octanol–water partition coefficient (Wildman–Crippen LogP) is 6.44. The molecule has 0 saturated heterocycles. The van der Waals surface area contributed by atoms with Crippen LogP contribution in [0.25, 0.3) is 11.0 Å². The summed E-state index contributed by atoms with van der Waals surface area (Å²) in [6, 6.07) is 20.7. The van der Waals surface area contributed by atoms with E-state index in [0.29, 0.717) is 29.2 Å². The van der Waals surface area contributed by atoms with E-state index >= 15 is 0 Å². The highest BCUT2D eigenvalue weighted by molar-refractivity contribution is 9.10. The third kappa shape index (κ3) is 4.49. The quantitative estimate of drug-likeness (QED) is 0.262. The van der Waals surface area contributed by atoms with Crippen molar-refractivity contribution < 1.29 is 23.8 Å². The van der Waals surface area contributed by atoms with Crippen LogP contribution in [0, 0.1) is 0 Å². The fourth-order valence-corrected chi connectivity index (χ4v) is 4.90. The van der Waals surface area contributed by atoms with Crippen molar-refractivity contribution in [1.82, 2.24) is 0 Å². The van der Waals surface area contributed by atoms with Gasteiger partial charge in [-0.25, -0.2) is 0 Å². The van der Waals surface area contributed by atoms with Crippen LogP contribution in [0.4, 0.5) is 11.4 Å². The van der Waals surface area contributed by atoms with Crippen LogP contribution in [0.3, 0.4) is 0 Å². The number of carbonyl (C=O) groups excluding carboxylic acids is 2. The zero-order chi connectivity index (χ0) is 26.3. The minimum absolute atomic E-state index is 0.0393. The van der Waals surface area contributed by atoms with Crippen LogP contribution in [0.1, 0.15) is 29.1 Å². The fraction of sp³-hybridized carbons (Fsp3) is 0.172. The summed E-state index contributed by atoms with van der Waals surface area (Å²) in [5.74, 6) is -1.20. The summed E-state index contributed by atoms with van der Waals surface area (Å²) in [5.41, 5.74) is 2.63. The van der Waals surface area contributed by atoms with Crippen LogP contribution in [0.2, 0.25) is 0 Å². The number of nitrogens with zero attached hydrogens (tertiary/aromatic N) is 2. The smallest absolute Gasteiger partial charge is 0.294 e. The number of anilines is 2. The lowest BCUT2D eigenvalue weighted by atomic mass is 9.94. The number of halogens is 1. The topological polar surface area (TPSA) is 83.2 Å². The van der Waals surface area contributed by atoms with Gasteiger partial charge >= 0.3 is 0 Å². The lowest BCUT2D eigenvalue weighted by molar-refractivity contribution is -0.117. The number of fused-ring (bicyclic) bond motifs is 1. The van der Waals surface area contributed by atoms with Gasteiger partial charge in [-0.15, -0.1) is 0 Å². The van der Waals surface area contributed by atoms with Crippen molar-refractivity contribution in [1.29, 1.82) is 0 Å². The van der Waals surface area contributed by atoms with E-state index < -0.39 is 23.5 Å². The van der Waals surface area contributed by atoms with E-state index in [2.05, 4.69) is 15.9 Å². The maximum absolute atomic E-state index is 13.8. The fourth-order valence-electron chi connectivity index (χ4n) is 4.52. The Morgan fingerprint density at radius 3 is 2.54 bits per heavy atom. The van der Waals surface area contributed by atoms with Gasteiger partial charge in [0.15, 0.2) is 11.5 Å². The molecule has 2 heterocycles. The molecular weight excluding hydrogens is 536 g/mol. The Labute approximate surface area is 222 Å². The Kier molecular flexibility index (Phi) is 6.52. The molecule has 3 aromatic carbocycles. The first-order valence-corrected chi connectivity index (χ1v) is 12.6. The number of hydrogen-bond acceptors (Lipinski definition) is 6. The summed E-state index contributed by atoms with van der Waals surface area (Å²) >= 11 is 3.43. The summed E-state index contributed by atoms with van der Waals surface area (Å²) in [7, 11) is 3.86. The number of furan rings is 1. The number of carbonyl (C=O) groups is 2. The number of hydrogen-bond donors (Lipinski definition) is 1. The Morgan fingerprint density at radius 1 is 1.08 bits per heavy atom. The van der Waals surface area contributed by atoms with Crippen molar-refractivity contribution >= 4 is 50.0 Å². The molecular formula is C29H25BrN2O5. The second-order valence-electron chi connectivity index (χ2n) is 8.88. The Hall–Kier alpha value is -4.04. The highest BCUT2D eigenvalue weighted by Gasteiger charge is 2.45. The molecule has 5 rings (SSSR count). The van der Waals surface area contributed by atoms with E-state index in [0.717, 1.165) is 15.5 Å². The van der Waals surface area contributed by atoms with Gasteiger partial charge in [-0.1, -0.05) is 34.1 Å². The van der Waals surface area contributed by atoms with E-state index in [1.807, 2.05) is 62.3 Å². The molecule has 0 bridgehead atoms. The van der Waals surface area contributed by atoms with Crippen LogP contribution >= 0.6 is 15.9 Å².